The molecule has 0 bridgehead atoms. The molecular weight excluding hydrogens is 350 g/mol. The number of carbonyl (C=O) groups excluding carboxylic acids is 1. The lowest BCUT2D eigenvalue weighted by Gasteiger charge is -2.03. The van der Waals surface area contributed by atoms with Crippen molar-refractivity contribution >= 4 is 33.2 Å². The van der Waals surface area contributed by atoms with E-state index in [1.165, 1.54) is 12.1 Å². The molecule has 2 aromatic carbocycles. The summed E-state index contributed by atoms with van der Waals surface area (Å²) in [5, 5.41) is 14.7. The Morgan fingerprint density at radius 3 is 2.50 bits per heavy atom. The lowest BCUT2D eigenvalue weighted by atomic mass is 10.1. The molecule has 2 aromatic rings. The van der Waals surface area contributed by atoms with Crippen molar-refractivity contribution in [1.82, 2.24) is 5.43 Å². The minimum absolute atomic E-state index is 0.0220. The van der Waals surface area contributed by atoms with E-state index in [-0.39, 0.29) is 11.6 Å². The molecule has 0 atom stereocenters. The molecule has 0 heterocycles. The van der Waals surface area contributed by atoms with Gasteiger partial charge in [0.25, 0.3) is 11.6 Å². The fraction of sp³-hybridized carbons (Fsp3) is 0.0667. The minimum atomic E-state index is -0.475. The van der Waals surface area contributed by atoms with E-state index in [2.05, 4.69) is 26.5 Å². The normalized spacial score (nSPS) is 11.1. The highest BCUT2D eigenvalue weighted by atomic mass is 79.9. The van der Waals surface area contributed by atoms with Gasteiger partial charge in [-0.15, -0.1) is 0 Å². The average molecular weight is 362 g/mol. The van der Waals surface area contributed by atoms with Crippen molar-refractivity contribution in [1.29, 1.82) is 0 Å². The van der Waals surface area contributed by atoms with Gasteiger partial charge in [-0.05, 0) is 31.2 Å². The zero-order chi connectivity index (χ0) is 16.1. The topological polar surface area (TPSA) is 84.6 Å². The first-order chi connectivity index (χ1) is 10.5. The molecule has 2 rings (SSSR count). The second-order valence-electron chi connectivity index (χ2n) is 4.45. The second-order valence-corrected chi connectivity index (χ2v) is 5.37. The van der Waals surface area contributed by atoms with E-state index in [1.807, 2.05) is 0 Å². The number of halogens is 1. The van der Waals surface area contributed by atoms with E-state index in [4.69, 9.17) is 0 Å². The molecule has 0 fully saturated rings. The second kappa shape index (κ2) is 6.95. The summed E-state index contributed by atoms with van der Waals surface area (Å²) >= 11 is 3.29. The van der Waals surface area contributed by atoms with Crippen LogP contribution in [0.15, 0.2) is 58.1 Å². The zero-order valence-electron chi connectivity index (χ0n) is 11.6. The van der Waals surface area contributed by atoms with Gasteiger partial charge in [0.1, 0.15) is 0 Å². The van der Waals surface area contributed by atoms with E-state index >= 15 is 0 Å². The molecule has 112 valence electrons. The van der Waals surface area contributed by atoms with Gasteiger partial charge in [-0.3, -0.25) is 14.9 Å². The first-order valence-electron chi connectivity index (χ1n) is 6.32. The van der Waals surface area contributed by atoms with Gasteiger partial charge in [-0.2, -0.15) is 5.10 Å². The summed E-state index contributed by atoms with van der Waals surface area (Å²) in [6, 6.07) is 12.9. The van der Waals surface area contributed by atoms with E-state index in [9.17, 15) is 14.9 Å². The monoisotopic (exact) mass is 361 g/mol. The highest BCUT2D eigenvalue weighted by Crippen LogP contribution is 2.14. The number of hydrogen-bond acceptors (Lipinski definition) is 4. The Morgan fingerprint density at radius 2 is 1.86 bits per heavy atom. The first kappa shape index (κ1) is 15.8. The third-order valence-corrected chi connectivity index (χ3v) is 3.43. The summed E-state index contributed by atoms with van der Waals surface area (Å²) in [6.07, 6.45) is 0. The van der Waals surface area contributed by atoms with Crippen LogP contribution < -0.4 is 5.43 Å². The molecule has 22 heavy (non-hydrogen) atoms. The van der Waals surface area contributed by atoms with Crippen LogP contribution in [0.5, 0.6) is 0 Å². The van der Waals surface area contributed by atoms with Crippen LogP contribution in [-0.4, -0.2) is 16.5 Å². The molecule has 0 radical (unpaired) electrons. The predicted octanol–water partition coefficient (Wildman–Crippen LogP) is 3.51. The van der Waals surface area contributed by atoms with Crippen LogP contribution >= 0.6 is 15.9 Å². The number of benzene rings is 2. The van der Waals surface area contributed by atoms with Crippen LogP contribution in [0.4, 0.5) is 5.69 Å². The molecule has 0 saturated heterocycles. The van der Waals surface area contributed by atoms with Gasteiger partial charge in [0.2, 0.25) is 0 Å². The molecule has 1 amide bonds. The number of amides is 1. The van der Waals surface area contributed by atoms with Gasteiger partial charge in [0, 0.05) is 27.7 Å². The SMILES string of the molecule is C/C(=N/NC(=O)c1ccc(Br)cc1)c1cccc([N+](=O)[O-])c1. The van der Waals surface area contributed by atoms with Crippen LogP contribution in [0.3, 0.4) is 0 Å². The summed E-state index contributed by atoms with van der Waals surface area (Å²) < 4.78 is 0.875. The van der Waals surface area contributed by atoms with E-state index < -0.39 is 4.92 Å². The van der Waals surface area contributed by atoms with Crippen LogP contribution in [-0.2, 0) is 0 Å². The van der Waals surface area contributed by atoms with Crippen LogP contribution in [0.2, 0.25) is 0 Å². The lowest BCUT2D eigenvalue weighted by molar-refractivity contribution is -0.384. The third-order valence-electron chi connectivity index (χ3n) is 2.91. The Balaban J connectivity index is 2.12. The molecule has 0 saturated carbocycles. The first-order valence-corrected chi connectivity index (χ1v) is 7.11. The molecule has 0 aliphatic heterocycles. The molecule has 0 aliphatic rings. The number of nitrogens with one attached hydrogen (secondary N) is 1. The van der Waals surface area contributed by atoms with Gasteiger partial charge in [0.15, 0.2) is 0 Å². The predicted molar refractivity (Wildman–Crippen MR) is 86.9 cm³/mol. The number of hydrogen-bond donors (Lipinski definition) is 1. The summed E-state index contributed by atoms with van der Waals surface area (Å²) in [6.45, 7) is 1.67. The van der Waals surface area contributed by atoms with Crippen LogP contribution in [0, 0.1) is 10.1 Å². The number of nitro groups is 1. The van der Waals surface area contributed by atoms with E-state index in [1.54, 1.807) is 43.3 Å². The standard InChI is InChI=1S/C15H12BrN3O3/c1-10(12-3-2-4-14(9-12)19(21)22)17-18-15(20)11-5-7-13(16)8-6-11/h2-9H,1H3,(H,18,20)/b17-10-. The molecule has 0 spiro atoms. The summed E-state index contributed by atoms with van der Waals surface area (Å²) in [5.74, 6) is -0.350. The Kier molecular flexibility index (Phi) is 5.00. The average Bonchev–Trinajstić information content (AvgIpc) is 2.53. The molecule has 0 aromatic heterocycles. The van der Waals surface area contributed by atoms with Crippen molar-refractivity contribution in [3.8, 4) is 0 Å². The smallest absolute Gasteiger partial charge is 0.267 e. The van der Waals surface area contributed by atoms with Gasteiger partial charge in [-0.25, -0.2) is 5.43 Å². The lowest BCUT2D eigenvalue weighted by Crippen LogP contribution is -2.19. The minimum Gasteiger partial charge on any atom is -0.267 e. The molecule has 7 heteroatoms. The Labute approximate surface area is 135 Å². The molecule has 0 unspecified atom stereocenters. The number of hydrazone groups is 1. The van der Waals surface area contributed by atoms with E-state index in [0.717, 1.165) is 4.47 Å². The fourth-order valence-corrected chi connectivity index (χ4v) is 1.97. The van der Waals surface area contributed by atoms with Crippen molar-refractivity contribution in [2.75, 3.05) is 0 Å². The summed E-state index contributed by atoms with van der Waals surface area (Å²) in [5.41, 5.74) is 3.93. The number of carbonyl (C=O) groups is 1. The summed E-state index contributed by atoms with van der Waals surface area (Å²) in [7, 11) is 0. The van der Waals surface area contributed by atoms with Gasteiger partial charge in [-0.1, -0.05) is 28.1 Å². The third kappa shape index (κ3) is 3.98. The number of non-ortho nitro benzene ring substituents is 1. The maximum Gasteiger partial charge on any atom is 0.271 e. The molecule has 6 nitrogen and oxygen atoms in total. The molecular formula is C15H12BrN3O3. The molecule has 1 N–H and O–H groups in total. The van der Waals surface area contributed by atoms with E-state index in [0.29, 0.717) is 16.8 Å². The Morgan fingerprint density at radius 1 is 1.18 bits per heavy atom. The van der Waals surface area contributed by atoms with Gasteiger partial charge < -0.3 is 0 Å². The Hall–Kier alpha value is -2.54. The van der Waals surface area contributed by atoms with Crippen molar-refractivity contribution in [3.05, 3.63) is 74.2 Å². The number of rotatable bonds is 4. The van der Waals surface area contributed by atoms with Crippen molar-refractivity contribution in [2.45, 2.75) is 6.92 Å². The maximum atomic E-state index is 11.9. The van der Waals surface area contributed by atoms with Crippen molar-refractivity contribution in [3.63, 3.8) is 0 Å². The largest absolute Gasteiger partial charge is 0.271 e. The zero-order valence-corrected chi connectivity index (χ0v) is 13.2. The van der Waals surface area contributed by atoms with Crippen LogP contribution in [0.1, 0.15) is 22.8 Å². The van der Waals surface area contributed by atoms with Crippen molar-refractivity contribution in [2.24, 2.45) is 5.10 Å². The highest BCUT2D eigenvalue weighted by Gasteiger charge is 2.08. The van der Waals surface area contributed by atoms with Gasteiger partial charge >= 0.3 is 0 Å². The van der Waals surface area contributed by atoms with Crippen LogP contribution in [0.25, 0.3) is 0 Å². The maximum absolute atomic E-state index is 11.9. The molecule has 0 aliphatic carbocycles. The number of nitro benzene ring substituents is 1. The number of nitrogens with zero attached hydrogens (tertiary/aromatic N) is 2. The summed E-state index contributed by atoms with van der Waals surface area (Å²) in [4.78, 5) is 22.2. The fourth-order valence-electron chi connectivity index (χ4n) is 1.71. The van der Waals surface area contributed by atoms with Gasteiger partial charge in [0.05, 0.1) is 10.6 Å². The van der Waals surface area contributed by atoms with Crippen molar-refractivity contribution < 1.29 is 9.72 Å². The quantitative estimate of drug-likeness (QED) is 0.513. The highest BCUT2D eigenvalue weighted by molar-refractivity contribution is 9.10. The Bertz CT molecular complexity index is 742.